The highest BCUT2D eigenvalue weighted by atomic mass is 32.2. The lowest BCUT2D eigenvalue weighted by molar-refractivity contribution is 0.0654. The standard InChI is InChI=1S/C22H22N2O4S/c1-13(2)28-12-15-6-4-9-18(14(15)3)24-29(26,27)20-11-10-19-21-16(20)7-5-8-17(21)22(25)23-19/h4-11,13,24H,12H2,1-3H3,(H,23,25). The fourth-order valence-electron chi connectivity index (χ4n) is 3.50. The van der Waals surface area contributed by atoms with Gasteiger partial charge in [0.1, 0.15) is 0 Å². The Morgan fingerprint density at radius 1 is 1.07 bits per heavy atom. The zero-order chi connectivity index (χ0) is 20.8. The maximum Gasteiger partial charge on any atom is 0.262 e. The average Bonchev–Trinajstić information content (AvgIpc) is 3.00. The van der Waals surface area contributed by atoms with E-state index in [9.17, 15) is 13.2 Å². The minimum absolute atomic E-state index is 0.0830. The van der Waals surface area contributed by atoms with Gasteiger partial charge in [0, 0.05) is 22.0 Å². The summed E-state index contributed by atoms with van der Waals surface area (Å²) in [6.45, 7) is 6.19. The van der Waals surface area contributed by atoms with Gasteiger partial charge in [0.2, 0.25) is 0 Å². The first-order valence-corrected chi connectivity index (χ1v) is 10.9. The number of ether oxygens (including phenoxy) is 1. The first-order valence-electron chi connectivity index (χ1n) is 9.38. The highest BCUT2D eigenvalue weighted by molar-refractivity contribution is 7.93. The van der Waals surface area contributed by atoms with E-state index in [2.05, 4.69) is 10.0 Å². The Balaban J connectivity index is 1.74. The monoisotopic (exact) mass is 410 g/mol. The van der Waals surface area contributed by atoms with Crippen LogP contribution in [0.4, 0.5) is 11.4 Å². The largest absolute Gasteiger partial charge is 0.374 e. The van der Waals surface area contributed by atoms with E-state index in [1.54, 1.807) is 36.4 Å². The van der Waals surface area contributed by atoms with Crippen molar-refractivity contribution in [2.24, 2.45) is 0 Å². The van der Waals surface area contributed by atoms with E-state index < -0.39 is 10.0 Å². The van der Waals surface area contributed by atoms with Gasteiger partial charge in [-0.25, -0.2) is 8.42 Å². The van der Waals surface area contributed by atoms with Crippen LogP contribution in [-0.2, 0) is 21.4 Å². The van der Waals surface area contributed by atoms with Crippen LogP contribution in [0.3, 0.4) is 0 Å². The van der Waals surface area contributed by atoms with Crippen LogP contribution in [0.2, 0.25) is 0 Å². The van der Waals surface area contributed by atoms with Gasteiger partial charge in [0.25, 0.3) is 15.9 Å². The van der Waals surface area contributed by atoms with Gasteiger partial charge in [-0.15, -0.1) is 0 Å². The fraction of sp³-hybridized carbons (Fsp3) is 0.227. The molecule has 1 heterocycles. The zero-order valence-corrected chi connectivity index (χ0v) is 17.3. The third-order valence-electron chi connectivity index (χ3n) is 5.05. The second-order valence-electron chi connectivity index (χ2n) is 7.35. The van der Waals surface area contributed by atoms with Gasteiger partial charge >= 0.3 is 0 Å². The lowest BCUT2D eigenvalue weighted by Gasteiger charge is -2.16. The molecule has 0 aromatic heterocycles. The molecule has 4 rings (SSSR count). The molecular formula is C22H22N2O4S. The minimum atomic E-state index is -3.86. The summed E-state index contributed by atoms with van der Waals surface area (Å²) in [4.78, 5) is 12.2. The van der Waals surface area contributed by atoms with Crippen molar-refractivity contribution in [3.05, 3.63) is 65.2 Å². The van der Waals surface area contributed by atoms with Gasteiger partial charge < -0.3 is 10.1 Å². The maximum absolute atomic E-state index is 13.2. The first kappa shape index (κ1) is 19.4. The van der Waals surface area contributed by atoms with Crippen LogP contribution >= 0.6 is 0 Å². The van der Waals surface area contributed by atoms with Crippen LogP contribution in [0.5, 0.6) is 0 Å². The molecule has 1 amide bonds. The summed E-state index contributed by atoms with van der Waals surface area (Å²) in [5, 5.41) is 3.92. The first-order chi connectivity index (χ1) is 13.8. The van der Waals surface area contributed by atoms with Crippen LogP contribution in [0, 0.1) is 6.92 Å². The molecule has 1 aliphatic heterocycles. The second kappa shape index (κ2) is 7.17. The van der Waals surface area contributed by atoms with Crippen molar-refractivity contribution in [3.63, 3.8) is 0 Å². The smallest absolute Gasteiger partial charge is 0.262 e. The van der Waals surface area contributed by atoms with Gasteiger partial charge in [0.15, 0.2) is 0 Å². The summed E-state index contributed by atoms with van der Waals surface area (Å²) < 4.78 is 34.8. The van der Waals surface area contributed by atoms with E-state index in [1.807, 2.05) is 26.8 Å². The SMILES string of the molecule is Cc1c(COC(C)C)cccc1NS(=O)(=O)c1ccc2c3c(cccc13)C(=O)N2. The van der Waals surface area contributed by atoms with Crippen molar-refractivity contribution in [2.45, 2.75) is 38.4 Å². The molecule has 0 spiro atoms. The minimum Gasteiger partial charge on any atom is -0.374 e. The molecule has 0 atom stereocenters. The molecule has 6 nitrogen and oxygen atoms in total. The number of carbonyl (C=O) groups is 1. The predicted molar refractivity (Wildman–Crippen MR) is 114 cm³/mol. The van der Waals surface area contributed by atoms with Crippen molar-refractivity contribution in [1.29, 1.82) is 0 Å². The van der Waals surface area contributed by atoms with Crippen LogP contribution < -0.4 is 10.0 Å². The summed E-state index contributed by atoms with van der Waals surface area (Å²) in [7, 11) is -3.86. The number of hydrogen-bond donors (Lipinski definition) is 2. The molecule has 3 aromatic carbocycles. The molecular weight excluding hydrogens is 388 g/mol. The van der Waals surface area contributed by atoms with Gasteiger partial charge in [-0.3, -0.25) is 9.52 Å². The molecule has 0 bridgehead atoms. The normalized spacial score (nSPS) is 13.2. The molecule has 0 aliphatic carbocycles. The molecule has 3 aromatic rings. The molecule has 150 valence electrons. The van der Waals surface area contributed by atoms with E-state index in [0.717, 1.165) is 11.1 Å². The van der Waals surface area contributed by atoms with E-state index in [4.69, 9.17) is 4.74 Å². The number of benzene rings is 3. The quantitative estimate of drug-likeness (QED) is 0.629. The maximum atomic E-state index is 13.2. The third kappa shape index (κ3) is 3.47. The number of nitrogens with one attached hydrogen (secondary N) is 2. The van der Waals surface area contributed by atoms with Gasteiger partial charge in [0.05, 0.1) is 23.3 Å². The average molecular weight is 410 g/mol. The highest BCUT2D eigenvalue weighted by Crippen LogP contribution is 2.37. The Morgan fingerprint density at radius 2 is 1.83 bits per heavy atom. The van der Waals surface area contributed by atoms with Crippen LogP contribution in [0.1, 0.15) is 35.3 Å². The molecule has 1 aliphatic rings. The molecule has 0 unspecified atom stereocenters. The molecule has 2 N–H and O–H groups in total. The van der Waals surface area contributed by atoms with Crippen LogP contribution in [0.25, 0.3) is 10.8 Å². The Morgan fingerprint density at radius 3 is 2.59 bits per heavy atom. The molecule has 0 radical (unpaired) electrons. The molecule has 0 saturated heterocycles. The lowest BCUT2D eigenvalue weighted by atomic mass is 10.1. The Hall–Kier alpha value is -2.90. The van der Waals surface area contributed by atoms with Crippen LogP contribution in [-0.4, -0.2) is 20.4 Å². The van der Waals surface area contributed by atoms with E-state index in [0.29, 0.717) is 34.3 Å². The van der Waals surface area contributed by atoms with Crippen molar-refractivity contribution in [1.82, 2.24) is 0 Å². The van der Waals surface area contributed by atoms with Gasteiger partial charge in [-0.2, -0.15) is 0 Å². The molecule has 29 heavy (non-hydrogen) atoms. The molecule has 0 saturated carbocycles. The summed E-state index contributed by atoms with van der Waals surface area (Å²) >= 11 is 0. The Labute approximate surface area is 169 Å². The number of sulfonamides is 1. The lowest BCUT2D eigenvalue weighted by Crippen LogP contribution is -2.15. The van der Waals surface area contributed by atoms with E-state index >= 15 is 0 Å². The fourth-order valence-corrected chi connectivity index (χ4v) is 4.83. The van der Waals surface area contributed by atoms with Crippen molar-refractivity contribution in [3.8, 4) is 0 Å². The summed E-state index contributed by atoms with van der Waals surface area (Å²) in [5.41, 5.74) is 3.36. The molecule has 7 heteroatoms. The summed E-state index contributed by atoms with van der Waals surface area (Å²) in [6.07, 6.45) is 0.0830. The zero-order valence-electron chi connectivity index (χ0n) is 16.4. The number of rotatable bonds is 6. The Kier molecular flexibility index (Phi) is 4.80. The second-order valence-corrected chi connectivity index (χ2v) is 9.00. The van der Waals surface area contributed by atoms with Gasteiger partial charge in [-0.05, 0) is 56.2 Å². The highest BCUT2D eigenvalue weighted by Gasteiger charge is 2.26. The van der Waals surface area contributed by atoms with E-state index in [1.165, 1.54) is 6.07 Å². The number of amides is 1. The third-order valence-corrected chi connectivity index (χ3v) is 6.47. The number of hydrogen-bond acceptors (Lipinski definition) is 4. The van der Waals surface area contributed by atoms with Crippen molar-refractivity contribution < 1.29 is 17.9 Å². The summed E-state index contributed by atoms with van der Waals surface area (Å²) in [6, 6.07) is 13.7. The topological polar surface area (TPSA) is 84.5 Å². The molecule has 0 fully saturated rings. The van der Waals surface area contributed by atoms with Crippen molar-refractivity contribution >= 4 is 38.1 Å². The summed E-state index contributed by atoms with van der Waals surface area (Å²) in [5.74, 6) is -0.221. The van der Waals surface area contributed by atoms with Crippen molar-refractivity contribution in [2.75, 3.05) is 10.0 Å². The Bertz CT molecular complexity index is 1230. The predicted octanol–water partition coefficient (Wildman–Crippen LogP) is 4.44. The van der Waals surface area contributed by atoms with E-state index in [-0.39, 0.29) is 16.9 Å². The number of anilines is 2. The van der Waals surface area contributed by atoms with Crippen LogP contribution in [0.15, 0.2) is 53.4 Å². The van der Waals surface area contributed by atoms with Gasteiger partial charge in [-0.1, -0.05) is 24.3 Å². The number of carbonyl (C=O) groups excluding carboxylic acids is 1.